The van der Waals surface area contributed by atoms with Crippen LogP contribution in [0.2, 0.25) is 5.02 Å². The van der Waals surface area contributed by atoms with Crippen molar-refractivity contribution in [2.45, 2.75) is 12.7 Å². The molecule has 0 fully saturated rings. The minimum atomic E-state index is -4.61. The van der Waals surface area contributed by atoms with E-state index in [1.54, 1.807) is 0 Å². The Balaban J connectivity index is 2.21. The first-order chi connectivity index (χ1) is 12.6. The fourth-order valence-corrected chi connectivity index (χ4v) is 3.06. The number of carbonyl (C=O) groups is 1. The molecule has 142 valence electrons. The molecule has 0 radical (unpaired) electrons. The lowest BCUT2D eigenvalue weighted by atomic mass is 10.1. The average Bonchev–Trinajstić information content (AvgIpc) is 2.99. The molecule has 27 heavy (non-hydrogen) atoms. The van der Waals surface area contributed by atoms with Gasteiger partial charge in [-0.2, -0.15) is 13.2 Å². The highest BCUT2D eigenvalue weighted by atomic mass is 35.5. The topological polar surface area (TPSA) is 91.7 Å². The van der Waals surface area contributed by atoms with Crippen LogP contribution in [0.15, 0.2) is 42.6 Å². The van der Waals surface area contributed by atoms with Gasteiger partial charge in [-0.05, 0) is 35.9 Å². The van der Waals surface area contributed by atoms with Gasteiger partial charge in [0.15, 0.2) is 0 Å². The Kier molecular flexibility index (Phi) is 4.87. The largest absolute Gasteiger partial charge is 0.417 e. The number of aromatic nitrogens is 1. The van der Waals surface area contributed by atoms with Crippen LogP contribution in [0, 0.1) is 0 Å². The van der Waals surface area contributed by atoms with Crippen molar-refractivity contribution in [3.8, 4) is 0 Å². The van der Waals surface area contributed by atoms with E-state index >= 15 is 0 Å². The van der Waals surface area contributed by atoms with Gasteiger partial charge in [-0.25, -0.2) is 0 Å². The van der Waals surface area contributed by atoms with E-state index in [0.717, 1.165) is 16.7 Å². The lowest BCUT2D eigenvalue weighted by molar-refractivity contribution is -0.136. The van der Waals surface area contributed by atoms with Crippen LogP contribution in [0.3, 0.4) is 0 Å². The SMILES string of the molecule is NCc1cn(C(=O)c2ccc(Cl)c(N(O)O)c2)c2cccc(C(F)(F)F)c12. The van der Waals surface area contributed by atoms with E-state index in [1.807, 2.05) is 0 Å². The van der Waals surface area contributed by atoms with E-state index < -0.39 is 17.6 Å². The molecule has 3 rings (SSSR count). The Morgan fingerprint density at radius 1 is 1.22 bits per heavy atom. The molecule has 0 saturated heterocycles. The van der Waals surface area contributed by atoms with Gasteiger partial charge in [-0.3, -0.25) is 19.8 Å². The molecule has 1 aromatic heterocycles. The average molecular weight is 400 g/mol. The van der Waals surface area contributed by atoms with Crippen molar-refractivity contribution in [3.63, 3.8) is 0 Å². The molecule has 0 atom stereocenters. The molecule has 0 aliphatic heterocycles. The number of anilines is 1. The predicted molar refractivity (Wildman–Crippen MR) is 92.1 cm³/mol. The number of fused-ring (bicyclic) bond motifs is 1. The summed E-state index contributed by atoms with van der Waals surface area (Å²) in [7, 11) is 0. The molecular formula is C17H13ClF3N3O3. The smallest absolute Gasteiger partial charge is 0.326 e. The number of halogens is 4. The Morgan fingerprint density at radius 2 is 1.93 bits per heavy atom. The predicted octanol–water partition coefficient (Wildman–Crippen LogP) is 4.05. The van der Waals surface area contributed by atoms with Crippen LogP contribution in [-0.2, 0) is 12.7 Å². The standard InChI is InChI=1S/C17H13ClF3N3O3/c18-12-5-4-9(6-14(12)24(26)27)16(25)23-8-10(7-22)15-11(17(19,20)21)2-1-3-13(15)23/h1-6,8,26-27H,7,22H2. The summed E-state index contributed by atoms with van der Waals surface area (Å²) in [5.74, 6) is -0.682. The maximum absolute atomic E-state index is 13.3. The maximum Gasteiger partial charge on any atom is 0.417 e. The minimum absolute atomic E-state index is 0.0135. The Labute approximate surface area is 155 Å². The zero-order valence-electron chi connectivity index (χ0n) is 13.5. The second-order valence-electron chi connectivity index (χ2n) is 5.69. The van der Waals surface area contributed by atoms with Crippen LogP contribution in [0.25, 0.3) is 10.9 Å². The van der Waals surface area contributed by atoms with Crippen LogP contribution >= 0.6 is 11.6 Å². The number of benzene rings is 2. The Morgan fingerprint density at radius 3 is 2.52 bits per heavy atom. The lowest BCUT2D eigenvalue weighted by Crippen LogP contribution is -2.15. The molecular weight excluding hydrogens is 387 g/mol. The third-order valence-electron chi connectivity index (χ3n) is 4.06. The number of nitrogens with zero attached hydrogens (tertiary/aromatic N) is 2. The highest BCUT2D eigenvalue weighted by Gasteiger charge is 2.34. The lowest BCUT2D eigenvalue weighted by Gasteiger charge is -2.12. The zero-order valence-corrected chi connectivity index (χ0v) is 14.3. The second kappa shape index (κ2) is 6.86. The molecule has 1 heterocycles. The van der Waals surface area contributed by atoms with Crippen LogP contribution in [0.5, 0.6) is 0 Å². The fraction of sp³-hybridized carbons (Fsp3) is 0.118. The summed E-state index contributed by atoms with van der Waals surface area (Å²) in [6.45, 7) is -0.198. The van der Waals surface area contributed by atoms with Crippen LogP contribution in [-0.4, -0.2) is 20.9 Å². The number of nitrogens with two attached hydrogens (primary N) is 1. The fourth-order valence-electron chi connectivity index (χ4n) is 2.87. The molecule has 0 spiro atoms. The van der Waals surface area contributed by atoms with Crippen molar-refractivity contribution in [2.75, 3.05) is 5.23 Å². The van der Waals surface area contributed by atoms with Crippen molar-refractivity contribution in [2.24, 2.45) is 5.73 Å². The van der Waals surface area contributed by atoms with Crippen molar-refractivity contribution in [1.29, 1.82) is 0 Å². The van der Waals surface area contributed by atoms with Gasteiger partial charge in [0.2, 0.25) is 0 Å². The third kappa shape index (κ3) is 3.37. The first-order valence-corrected chi connectivity index (χ1v) is 7.95. The van der Waals surface area contributed by atoms with Gasteiger partial charge >= 0.3 is 6.18 Å². The summed E-state index contributed by atoms with van der Waals surface area (Å²) >= 11 is 5.81. The molecule has 0 amide bonds. The first kappa shape index (κ1) is 19.2. The summed E-state index contributed by atoms with van der Waals surface area (Å²) in [5, 5.41) is 17.9. The van der Waals surface area contributed by atoms with E-state index in [2.05, 4.69) is 0 Å². The molecule has 6 nitrogen and oxygen atoms in total. The molecule has 0 aliphatic rings. The third-order valence-corrected chi connectivity index (χ3v) is 4.38. The highest BCUT2D eigenvalue weighted by molar-refractivity contribution is 6.33. The first-order valence-electron chi connectivity index (χ1n) is 7.57. The molecule has 2 aromatic carbocycles. The minimum Gasteiger partial charge on any atom is -0.326 e. The molecule has 4 N–H and O–H groups in total. The van der Waals surface area contributed by atoms with E-state index in [0.29, 0.717) is 0 Å². The van der Waals surface area contributed by atoms with Crippen LogP contribution in [0.1, 0.15) is 21.5 Å². The maximum atomic E-state index is 13.3. The van der Waals surface area contributed by atoms with Crippen molar-refractivity contribution in [1.82, 2.24) is 4.57 Å². The number of rotatable bonds is 3. The van der Waals surface area contributed by atoms with Gasteiger partial charge in [0.25, 0.3) is 5.91 Å². The summed E-state index contributed by atoms with van der Waals surface area (Å²) < 4.78 is 41.1. The summed E-state index contributed by atoms with van der Waals surface area (Å²) in [6, 6.07) is 7.19. The number of alkyl halides is 3. The van der Waals surface area contributed by atoms with E-state index in [1.165, 1.54) is 30.5 Å². The normalized spacial score (nSPS) is 11.8. The number of carbonyl (C=O) groups excluding carboxylic acids is 1. The molecule has 3 aromatic rings. The zero-order chi connectivity index (χ0) is 19.9. The van der Waals surface area contributed by atoms with Crippen molar-refractivity contribution < 1.29 is 28.4 Å². The number of hydrogen-bond donors (Lipinski definition) is 3. The van der Waals surface area contributed by atoms with Gasteiger partial charge in [0.1, 0.15) is 5.69 Å². The van der Waals surface area contributed by atoms with E-state index in [-0.39, 0.29) is 44.5 Å². The van der Waals surface area contributed by atoms with E-state index in [9.17, 15) is 18.0 Å². The van der Waals surface area contributed by atoms with Crippen LogP contribution in [0.4, 0.5) is 18.9 Å². The highest BCUT2D eigenvalue weighted by Crippen LogP contribution is 2.37. The molecule has 0 saturated carbocycles. The van der Waals surface area contributed by atoms with Crippen molar-refractivity contribution >= 4 is 34.1 Å². The molecule has 0 unspecified atom stereocenters. The summed E-state index contributed by atoms with van der Waals surface area (Å²) in [4.78, 5) is 12.9. The van der Waals surface area contributed by atoms with Crippen molar-refractivity contribution in [3.05, 3.63) is 64.3 Å². The Hall–Kier alpha value is -2.59. The van der Waals surface area contributed by atoms with Gasteiger partial charge in [-0.15, -0.1) is 5.23 Å². The summed E-state index contributed by atoms with van der Waals surface area (Å²) in [5.41, 5.74) is 4.62. The monoisotopic (exact) mass is 399 g/mol. The quantitative estimate of drug-likeness (QED) is 0.578. The molecule has 10 heteroatoms. The molecule has 0 aliphatic carbocycles. The molecule has 0 bridgehead atoms. The van der Waals surface area contributed by atoms with E-state index in [4.69, 9.17) is 27.7 Å². The van der Waals surface area contributed by atoms with Gasteiger partial charge in [0.05, 0.1) is 16.1 Å². The van der Waals surface area contributed by atoms with Gasteiger partial charge < -0.3 is 5.73 Å². The summed E-state index contributed by atoms with van der Waals surface area (Å²) in [6.07, 6.45) is -3.37. The Bertz CT molecular complexity index is 1030. The number of hydrogen-bond acceptors (Lipinski definition) is 5. The van der Waals surface area contributed by atoms with Gasteiger partial charge in [0, 0.05) is 23.7 Å². The second-order valence-corrected chi connectivity index (χ2v) is 6.09. The van der Waals surface area contributed by atoms with Gasteiger partial charge in [-0.1, -0.05) is 17.7 Å². The van der Waals surface area contributed by atoms with Crippen LogP contribution < -0.4 is 11.0 Å².